The predicted molar refractivity (Wildman–Crippen MR) is 109 cm³/mol. The Labute approximate surface area is 162 Å². The molecular weight excluding hydrogens is 352 g/mol. The van der Waals surface area contributed by atoms with Gasteiger partial charge in [0.15, 0.2) is 0 Å². The lowest BCUT2D eigenvalue weighted by Gasteiger charge is -2.26. The van der Waals surface area contributed by atoms with Gasteiger partial charge in [-0.2, -0.15) is 5.26 Å². The second kappa shape index (κ2) is 8.52. The molecule has 0 radical (unpaired) electrons. The molecule has 0 aromatic heterocycles. The summed E-state index contributed by atoms with van der Waals surface area (Å²) in [6, 6.07) is 18.4. The van der Waals surface area contributed by atoms with Crippen LogP contribution >= 0.6 is 0 Å². The second-order valence-corrected chi connectivity index (χ2v) is 6.06. The average molecular weight is 370 g/mol. The standard InChI is InChI=1S/C22H18N4O2/c23-14-17(22(28)25-18-6-2-1-3-7-18)11-10-16-12-13-26(15-21(24)27)20-9-5-4-8-19(16)20/h1-13H,15H2,(H2,24,27)(H,25,28)/b16-10+,17-11+. The Kier molecular flexibility index (Phi) is 5.68. The zero-order chi connectivity index (χ0) is 19.9. The van der Waals surface area contributed by atoms with E-state index in [-0.39, 0.29) is 12.1 Å². The van der Waals surface area contributed by atoms with Gasteiger partial charge in [-0.25, -0.2) is 0 Å². The third-order valence-electron chi connectivity index (χ3n) is 4.11. The Hall–Kier alpha value is -4.11. The lowest BCUT2D eigenvalue weighted by atomic mass is 9.99. The van der Waals surface area contributed by atoms with Gasteiger partial charge in [-0.15, -0.1) is 0 Å². The van der Waals surface area contributed by atoms with Crippen molar-refractivity contribution in [3.05, 3.63) is 90.2 Å². The first-order chi connectivity index (χ1) is 13.6. The lowest BCUT2D eigenvalue weighted by molar-refractivity contribution is -0.116. The number of hydrogen-bond donors (Lipinski definition) is 2. The van der Waals surface area contributed by atoms with Gasteiger partial charge in [-0.1, -0.05) is 42.5 Å². The largest absolute Gasteiger partial charge is 0.368 e. The lowest BCUT2D eigenvalue weighted by Crippen LogP contribution is -2.31. The number of carbonyl (C=O) groups excluding carboxylic acids is 2. The van der Waals surface area contributed by atoms with Crippen molar-refractivity contribution in [1.82, 2.24) is 0 Å². The maximum Gasteiger partial charge on any atom is 0.266 e. The maximum absolute atomic E-state index is 12.3. The van der Waals surface area contributed by atoms with Crippen molar-refractivity contribution in [3.8, 4) is 6.07 Å². The van der Waals surface area contributed by atoms with Crippen molar-refractivity contribution >= 4 is 28.8 Å². The van der Waals surface area contributed by atoms with Crippen molar-refractivity contribution < 1.29 is 9.59 Å². The van der Waals surface area contributed by atoms with Crippen LogP contribution in [0.2, 0.25) is 0 Å². The maximum atomic E-state index is 12.3. The molecule has 138 valence electrons. The van der Waals surface area contributed by atoms with E-state index in [1.807, 2.05) is 42.5 Å². The van der Waals surface area contributed by atoms with Crippen LogP contribution in [0.1, 0.15) is 5.56 Å². The highest BCUT2D eigenvalue weighted by atomic mass is 16.2. The first kappa shape index (κ1) is 18.7. The minimum Gasteiger partial charge on any atom is -0.368 e. The number of allylic oxidation sites excluding steroid dienone is 4. The molecule has 2 aromatic rings. The minimum atomic E-state index is -0.478. The van der Waals surface area contributed by atoms with Gasteiger partial charge in [-0.3, -0.25) is 9.59 Å². The van der Waals surface area contributed by atoms with E-state index in [1.165, 1.54) is 6.08 Å². The summed E-state index contributed by atoms with van der Waals surface area (Å²) >= 11 is 0. The first-order valence-corrected chi connectivity index (χ1v) is 8.59. The molecule has 0 saturated carbocycles. The third kappa shape index (κ3) is 4.34. The van der Waals surface area contributed by atoms with Gasteiger partial charge in [0, 0.05) is 23.1 Å². The second-order valence-electron chi connectivity index (χ2n) is 6.06. The SMILES string of the molecule is N#C/C(=C\C=C1/C=CN(CC(N)=O)c2ccccc21)C(=O)Nc1ccccc1. The quantitative estimate of drug-likeness (QED) is 0.624. The van der Waals surface area contributed by atoms with Gasteiger partial charge in [-0.05, 0) is 35.9 Å². The Morgan fingerprint density at radius 1 is 1.11 bits per heavy atom. The summed E-state index contributed by atoms with van der Waals surface area (Å²) in [7, 11) is 0. The molecular formula is C22H18N4O2. The van der Waals surface area contributed by atoms with Crippen molar-refractivity contribution in [2.75, 3.05) is 16.8 Å². The summed E-state index contributed by atoms with van der Waals surface area (Å²) in [5.41, 5.74) is 8.44. The number of fused-ring (bicyclic) bond motifs is 1. The zero-order valence-electron chi connectivity index (χ0n) is 15.0. The number of primary amides is 1. The van der Waals surface area contributed by atoms with Crippen molar-refractivity contribution in [1.29, 1.82) is 5.26 Å². The normalized spacial score (nSPS) is 14.3. The van der Waals surface area contributed by atoms with E-state index in [1.54, 1.807) is 41.4 Å². The number of carbonyl (C=O) groups is 2. The molecule has 0 atom stereocenters. The van der Waals surface area contributed by atoms with E-state index in [2.05, 4.69) is 5.32 Å². The van der Waals surface area contributed by atoms with E-state index in [0.717, 1.165) is 16.8 Å². The molecule has 0 spiro atoms. The van der Waals surface area contributed by atoms with Crippen LogP contribution in [0.25, 0.3) is 5.57 Å². The molecule has 0 aliphatic carbocycles. The van der Waals surface area contributed by atoms with Crippen molar-refractivity contribution in [2.45, 2.75) is 0 Å². The molecule has 1 heterocycles. The van der Waals surface area contributed by atoms with Crippen LogP contribution in [0.15, 0.2) is 84.6 Å². The van der Waals surface area contributed by atoms with Crippen LogP contribution < -0.4 is 16.0 Å². The first-order valence-electron chi connectivity index (χ1n) is 8.59. The summed E-state index contributed by atoms with van der Waals surface area (Å²) in [4.78, 5) is 25.4. The van der Waals surface area contributed by atoms with Gasteiger partial charge in [0.2, 0.25) is 5.91 Å². The highest BCUT2D eigenvalue weighted by Crippen LogP contribution is 2.32. The van der Waals surface area contributed by atoms with E-state index < -0.39 is 11.8 Å². The van der Waals surface area contributed by atoms with E-state index in [0.29, 0.717) is 5.69 Å². The summed E-state index contributed by atoms with van der Waals surface area (Å²) in [5.74, 6) is -0.912. The van der Waals surface area contributed by atoms with E-state index >= 15 is 0 Å². The highest BCUT2D eigenvalue weighted by Gasteiger charge is 2.17. The number of amides is 2. The number of nitrogens with one attached hydrogen (secondary N) is 1. The molecule has 3 rings (SSSR count). The fraction of sp³-hybridized carbons (Fsp3) is 0.0455. The number of hydrogen-bond acceptors (Lipinski definition) is 4. The highest BCUT2D eigenvalue weighted by molar-refractivity contribution is 6.07. The summed E-state index contributed by atoms with van der Waals surface area (Å²) in [5, 5.41) is 12.0. The summed E-state index contributed by atoms with van der Waals surface area (Å²) < 4.78 is 0. The number of nitrogens with two attached hydrogens (primary N) is 1. The number of nitrogens with zero attached hydrogens (tertiary/aromatic N) is 2. The Morgan fingerprint density at radius 2 is 1.82 bits per heavy atom. The smallest absolute Gasteiger partial charge is 0.266 e. The average Bonchev–Trinajstić information content (AvgIpc) is 2.70. The van der Waals surface area contributed by atoms with Crippen molar-refractivity contribution in [3.63, 3.8) is 0 Å². The number of anilines is 2. The molecule has 1 aliphatic rings. The number of benzene rings is 2. The minimum absolute atomic E-state index is 0.0122. The Bertz CT molecular complexity index is 1030. The molecule has 0 bridgehead atoms. The van der Waals surface area contributed by atoms with Gasteiger partial charge in [0.05, 0.1) is 0 Å². The van der Waals surface area contributed by atoms with Gasteiger partial charge < -0.3 is 16.0 Å². The number of nitriles is 1. The van der Waals surface area contributed by atoms with Crippen LogP contribution in [0.4, 0.5) is 11.4 Å². The van der Waals surface area contributed by atoms with Crippen LogP contribution in [0, 0.1) is 11.3 Å². The predicted octanol–water partition coefficient (Wildman–Crippen LogP) is 2.98. The molecule has 1 aliphatic heterocycles. The fourth-order valence-corrected chi connectivity index (χ4v) is 2.82. The monoisotopic (exact) mass is 370 g/mol. The molecule has 28 heavy (non-hydrogen) atoms. The molecule has 0 saturated heterocycles. The van der Waals surface area contributed by atoms with Gasteiger partial charge in [0.1, 0.15) is 18.2 Å². The van der Waals surface area contributed by atoms with E-state index in [9.17, 15) is 14.9 Å². The molecule has 6 nitrogen and oxygen atoms in total. The molecule has 6 heteroatoms. The fourth-order valence-electron chi connectivity index (χ4n) is 2.82. The van der Waals surface area contributed by atoms with Crippen LogP contribution in [0.5, 0.6) is 0 Å². The van der Waals surface area contributed by atoms with Crippen molar-refractivity contribution in [2.24, 2.45) is 5.73 Å². The van der Waals surface area contributed by atoms with Crippen LogP contribution in [-0.4, -0.2) is 18.4 Å². The Morgan fingerprint density at radius 3 is 2.54 bits per heavy atom. The molecule has 0 unspecified atom stereocenters. The van der Waals surface area contributed by atoms with Gasteiger partial charge >= 0.3 is 0 Å². The summed E-state index contributed by atoms with van der Waals surface area (Å²) in [6.45, 7) is 0.0690. The third-order valence-corrected chi connectivity index (χ3v) is 4.11. The number of rotatable bonds is 5. The van der Waals surface area contributed by atoms with Crippen LogP contribution in [-0.2, 0) is 9.59 Å². The molecule has 2 aromatic carbocycles. The number of para-hydroxylation sites is 2. The zero-order valence-corrected chi connectivity index (χ0v) is 15.0. The molecule has 3 N–H and O–H groups in total. The molecule has 2 amide bonds. The molecule has 0 fully saturated rings. The Balaban J connectivity index is 1.86. The van der Waals surface area contributed by atoms with E-state index in [4.69, 9.17) is 5.73 Å². The topological polar surface area (TPSA) is 99.2 Å². The van der Waals surface area contributed by atoms with Gasteiger partial charge in [0.25, 0.3) is 5.91 Å². The van der Waals surface area contributed by atoms with Crippen LogP contribution in [0.3, 0.4) is 0 Å². The summed E-state index contributed by atoms with van der Waals surface area (Å²) in [6.07, 6.45) is 6.76.